The van der Waals surface area contributed by atoms with Gasteiger partial charge in [0.15, 0.2) is 0 Å². The van der Waals surface area contributed by atoms with Crippen molar-refractivity contribution in [2.24, 2.45) is 0 Å². The van der Waals surface area contributed by atoms with Crippen molar-refractivity contribution in [3.05, 3.63) is 53.6 Å². The van der Waals surface area contributed by atoms with Gasteiger partial charge in [0.25, 0.3) is 0 Å². The van der Waals surface area contributed by atoms with E-state index in [0.29, 0.717) is 0 Å². The predicted molar refractivity (Wildman–Crippen MR) is 68.2 cm³/mol. The summed E-state index contributed by atoms with van der Waals surface area (Å²) in [6.45, 7) is 8.27. The molecule has 0 atom stereocenters. The van der Waals surface area contributed by atoms with Gasteiger partial charge >= 0.3 is 0 Å². The highest BCUT2D eigenvalue weighted by molar-refractivity contribution is 5.89. The smallest absolute Gasteiger partial charge is 0.0146 e. The number of hydrogen-bond acceptors (Lipinski definition) is 0. The molecule has 0 radical (unpaired) electrons. The van der Waals surface area contributed by atoms with E-state index >= 15 is 0 Å². The first kappa shape index (κ1) is 9.97. The molecular weight excluding hydrogens is 180 g/mol. The van der Waals surface area contributed by atoms with E-state index in [2.05, 4.69) is 50.8 Å². The maximum atomic E-state index is 3.91. The van der Waals surface area contributed by atoms with Gasteiger partial charge in [0.2, 0.25) is 0 Å². The fourth-order valence-electron chi connectivity index (χ4n) is 2.26. The molecule has 15 heavy (non-hydrogen) atoms. The van der Waals surface area contributed by atoms with Gasteiger partial charge in [-0.15, -0.1) is 0 Å². The monoisotopic (exact) mass is 196 g/mol. The zero-order valence-corrected chi connectivity index (χ0v) is 9.38. The summed E-state index contributed by atoms with van der Waals surface area (Å²) in [5.41, 5.74) is 4.04. The van der Waals surface area contributed by atoms with Crippen molar-refractivity contribution in [3.63, 3.8) is 0 Å². The Labute approximate surface area is 91.2 Å². The SMILES string of the molecule is C=Cc1c(C)cc2ccccc2c1CC. The minimum Gasteiger partial charge on any atom is -0.0984 e. The standard InChI is InChI=1S/C15H16/c1-4-13-11(3)10-12-8-6-7-9-15(12)14(13)5-2/h4,6-10H,1,5H2,2-3H3. The second-order valence-electron chi connectivity index (χ2n) is 3.86. The van der Waals surface area contributed by atoms with Crippen LogP contribution in [0.5, 0.6) is 0 Å². The molecule has 76 valence electrons. The number of rotatable bonds is 2. The summed E-state index contributed by atoms with van der Waals surface area (Å²) >= 11 is 0. The lowest BCUT2D eigenvalue weighted by Gasteiger charge is -2.11. The highest BCUT2D eigenvalue weighted by atomic mass is 14.1. The molecule has 0 unspecified atom stereocenters. The van der Waals surface area contributed by atoms with Crippen molar-refractivity contribution >= 4 is 16.8 Å². The molecule has 0 N–H and O–H groups in total. The molecule has 2 aromatic rings. The molecule has 0 aliphatic carbocycles. The van der Waals surface area contributed by atoms with Crippen LogP contribution >= 0.6 is 0 Å². The first-order chi connectivity index (χ1) is 7.27. The fraction of sp³-hybridized carbons (Fsp3) is 0.200. The Bertz CT molecular complexity index is 507. The second kappa shape index (κ2) is 3.90. The van der Waals surface area contributed by atoms with Crippen LogP contribution in [0, 0.1) is 6.92 Å². The molecular formula is C15H16. The molecule has 0 aliphatic heterocycles. The van der Waals surface area contributed by atoms with E-state index in [9.17, 15) is 0 Å². The Morgan fingerprint density at radius 1 is 1.27 bits per heavy atom. The summed E-state index contributed by atoms with van der Waals surface area (Å²) in [6, 6.07) is 10.8. The van der Waals surface area contributed by atoms with Crippen LogP contribution < -0.4 is 0 Å². The quantitative estimate of drug-likeness (QED) is 0.669. The third-order valence-corrected chi connectivity index (χ3v) is 2.97. The first-order valence-electron chi connectivity index (χ1n) is 5.41. The molecule has 0 saturated heterocycles. The summed E-state index contributed by atoms with van der Waals surface area (Å²) in [5, 5.41) is 2.69. The van der Waals surface area contributed by atoms with E-state index in [0.717, 1.165) is 6.42 Å². The summed E-state index contributed by atoms with van der Waals surface area (Å²) in [5.74, 6) is 0. The molecule has 0 heterocycles. The van der Waals surface area contributed by atoms with Gasteiger partial charge in [-0.1, -0.05) is 49.9 Å². The summed E-state index contributed by atoms with van der Waals surface area (Å²) in [6.07, 6.45) is 3.03. The first-order valence-corrected chi connectivity index (χ1v) is 5.41. The molecule has 0 saturated carbocycles. The van der Waals surface area contributed by atoms with Gasteiger partial charge < -0.3 is 0 Å². The highest BCUT2D eigenvalue weighted by Gasteiger charge is 2.06. The lowest BCUT2D eigenvalue weighted by Crippen LogP contribution is -1.92. The summed E-state index contributed by atoms with van der Waals surface area (Å²) in [4.78, 5) is 0. The number of aryl methyl sites for hydroxylation is 2. The van der Waals surface area contributed by atoms with Crippen LogP contribution in [-0.2, 0) is 6.42 Å². The van der Waals surface area contributed by atoms with E-state index in [4.69, 9.17) is 0 Å². The van der Waals surface area contributed by atoms with Crippen molar-refractivity contribution in [2.45, 2.75) is 20.3 Å². The predicted octanol–water partition coefficient (Wildman–Crippen LogP) is 4.35. The molecule has 0 aliphatic rings. The Morgan fingerprint density at radius 3 is 2.67 bits per heavy atom. The van der Waals surface area contributed by atoms with E-state index in [-0.39, 0.29) is 0 Å². The third-order valence-electron chi connectivity index (χ3n) is 2.97. The van der Waals surface area contributed by atoms with Gasteiger partial charge in [-0.25, -0.2) is 0 Å². The van der Waals surface area contributed by atoms with Crippen molar-refractivity contribution in [1.82, 2.24) is 0 Å². The Morgan fingerprint density at radius 2 is 2.00 bits per heavy atom. The lowest BCUT2D eigenvalue weighted by atomic mass is 9.93. The van der Waals surface area contributed by atoms with Gasteiger partial charge in [-0.05, 0) is 40.8 Å². The molecule has 0 amide bonds. The molecule has 0 bridgehead atoms. The van der Waals surface area contributed by atoms with Gasteiger partial charge in [0.1, 0.15) is 0 Å². The van der Waals surface area contributed by atoms with Crippen LogP contribution in [0.2, 0.25) is 0 Å². The largest absolute Gasteiger partial charge is 0.0984 e. The normalized spacial score (nSPS) is 10.5. The summed E-state index contributed by atoms with van der Waals surface area (Å²) < 4.78 is 0. The van der Waals surface area contributed by atoms with Gasteiger partial charge in [0, 0.05) is 0 Å². The Hall–Kier alpha value is -1.56. The van der Waals surface area contributed by atoms with Crippen LogP contribution in [0.4, 0.5) is 0 Å². The van der Waals surface area contributed by atoms with E-state index in [1.54, 1.807) is 0 Å². The van der Waals surface area contributed by atoms with Gasteiger partial charge in [-0.2, -0.15) is 0 Å². The van der Waals surface area contributed by atoms with Crippen molar-refractivity contribution in [1.29, 1.82) is 0 Å². The number of benzene rings is 2. The van der Waals surface area contributed by atoms with E-state index in [1.807, 2.05) is 6.08 Å². The molecule has 0 fully saturated rings. The van der Waals surface area contributed by atoms with Gasteiger partial charge in [-0.3, -0.25) is 0 Å². The zero-order chi connectivity index (χ0) is 10.8. The maximum Gasteiger partial charge on any atom is -0.0146 e. The molecule has 2 aromatic carbocycles. The molecule has 0 spiro atoms. The molecule has 2 rings (SSSR count). The zero-order valence-electron chi connectivity index (χ0n) is 9.38. The second-order valence-corrected chi connectivity index (χ2v) is 3.86. The Balaban J connectivity index is 2.90. The summed E-state index contributed by atoms with van der Waals surface area (Å²) in [7, 11) is 0. The maximum absolute atomic E-state index is 3.91. The third kappa shape index (κ3) is 1.56. The average Bonchev–Trinajstić information content (AvgIpc) is 2.27. The number of hydrogen-bond donors (Lipinski definition) is 0. The molecule has 0 heteroatoms. The van der Waals surface area contributed by atoms with Crippen LogP contribution in [0.1, 0.15) is 23.6 Å². The van der Waals surface area contributed by atoms with Crippen molar-refractivity contribution < 1.29 is 0 Å². The van der Waals surface area contributed by atoms with Gasteiger partial charge in [0.05, 0.1) is 0 Å². The lowest BCUT2D eigenvalue weighted by molar-refractivity contribution is 1.14. The van der Waals surface area contributed by atoms with Crippen LogP contribution in [-0.4, -0.2) is 0 Å². The number of fused-ring (bicyclic) bond motifs is 1. The highest BCUT2D eigenvalue weighted by Crippen LogP contribution is 2.26. The van der Waals surface area contributed by atoms with Crippen LogP contribution in [0.15, 0.2) is 36.9 Å². The van der Waals surface area contributed by atoms with Crippen molar-refractivity contribution in [2.75, 3.05) is 0 Å². The van der Waals surface area contributed by atoms with Crippen molar-refractivity contribution in [3.8, 4) is 0 Å². The minimum absolute atomic E-state index is 1.06. The minimum atomic E-state index is 1.06. The Kier molecular flexibility index (Phi) is 2.59. The molecule has 0 nitrogen and oxygen atoms in total. The average molecular weight is 196 g/mol. The van der Waals surface area contributed by atoms with Crippen LogP contribution in [0.3, 0.4) is 0 Å². The molecule has 0 aromatic heterocycles. The van der Waals surface area contributed by atoms with E-state index < -0.39 is 0 Å². The topological polar surface area (TPSA) is 0 Å². The van der Waals surface area contributed by atoms with E-state index in [1.165, 1.54) is 27.5 Å². The fourth-order valence-corrected chi connectivity index (χ4v) is 2.26. The van der Waals surface area contributed by atoms with Crippen LogP contribution in [0.25, 0.3) is 16.8 Å².